The van der Waals surface area contributed by atoms with E-state index in [1.54, 1.807) is 17.6 Å². The number of rotatable bonds is 7. The quantitative estimate of drug-likeness (QED) is 0.423. The molecule has 1 amide bonds. The molecule has 0 saturated heterocycles. The summed E-state index contributed by atoms with van der Waals surface area (Å²) in [6.07, 6.45) is 1.65. The molecule has 0 aliphatic heterocycles. The van der Waals surface area contributed by atoms with Crippen LogP contribution in [0.5, 0.6) is 0 Å². The molecule has 0 atom stereocenters. The lowest BCUT2D eigenvalue weighted by Gasteiger charge is -2.10. The lowest BCUT2D eigenvalue weighted by Crippen LogP contribution is -2.15. The molecule has 29 heavy (non-hydrogen) atoms. The van der Waals surface area contributed by atoms with Crippen LogP contribution in [-0.2, 0) is 11.3 Å². The fourth-order valence-electron chi connectivity index (χ4n) is 2.87. The molecule has 0 saturated carbocycles. The normalized spacial score (nSPS) is 11.0. The number of amides is 1. The van der Waals surface area contributed by atoms with Gasteiger partial charge in [-0.05, 0) is 54.6 Å². The van der Waals surface area contributed by atoms with E-state index in [0.29, 0.717) is 11.7 Å². The highest BCUT2D eigenvalue weighted by Gasteiger charge is 2.18. The standard InChI is InChI=1S/C21H20N4O2S2/c1-14-7-8-15(2)17(11-14)22-19(26)13-29-21-24-23-20(18-6-4-10-28-18)25(21)12-16-5-3-9-27-16/h3-11H,12-13H2,1-2H3,(H,22,26). The molecule has 3 heterocycles. The van der Waals surface area contributed by atoms with Crippen molar-refractivity contribution in [2.45, 2.75) is 25.5 Å². The van der Waals surface area contributed by atoms with Gasteiger partial charge in [0.05, 0.1) is 23.4 Å². The summed E-state index contributed by atoms with van der Waals surface area (Å²) >= 11 is 2.97. The average molecular weight is 425 g/mol. The Balaban J connectivity index is 1.51. The number of hydrogen-bond acceptors (Lipinski definition) is 6. The first-order valence-corrected chi connectivity index (χ1v) is 11.0. The second-order valence-electron chi connectivity index (χ2n) is 6.60. The van der Waals surface area contributed by atoms with Crippen LogP contribution in [0.4, 0.5) is 5.69 Å². The third-order valence-corrected chi connectivity index (χ3v) is 6.18. The van der Waals surface area contributed by atoms with Crippen molar-refractivity contribution in [2.75, 3.05) is 11.1 Å². The number of thioether (sulfide) groups is 1. The number of aryl methyl sites for hydroxylation is 2. The number of furan rings is 1. The monoisotopic (exact) mass is 424 g/mol. The molecule has 6 nitrogen and oxygen atoms in total. The zero-order valence-corrected chi connectivity index (χ0v) is 17.7. The Morgan fingerprint density at radius 1 is 1.21 bits per heavy atom. The number of aromatic nitrogens is 3. The summed E-state index contributed by atoms with van der Waals surface area (Å²) in [5.41, 5.74) is 2.99. The maximum absolute atomic E-state index is 12.5. The van der Waals surface area contributed by atoms with Crippen molar-refractivity contribution in [2.24, 2.45) is 0 Å². The van der Waals surface area contributed by atoms with E-state index in [-0.39, 0.29) is 11.7 Å². The van der Waals surface area contributed by atoms with E-state index < -0.39 is 0 Å². The summed E-state index contributed by atoms with van der Waals surface area (Å²) in [7, 11) is 0. The molecular weight excluding hydrogens is 404 g/mol. The van der Waals surface area contributed by atoms with Crippen molar-refractivity contribution in [3.8, 4) is 10.7 Å². The first-order valence-electron chi connectivity index (χ1n) is 9.09. The summed E-state index contributed by atoms with van der Waals surface area (Å²) < 4.78 is 7.49. The molecule has 0 unspecified atom stereocenters. The predicted octanol–water partition coefficient (Wildman–Crippen LogP) is 5.00. The fraction of sp³-hybridized carbons (Fsp3) is 0.190. The Bertz CT molecular complexity index is 1100. The Labute approximate surface area is 177 Å². The first-order chi connectivity index (χ1) is 14.1. The Morgan fingerprint density at radius 2 is 2.10 bits per heavy atom. The van der Waals surface area contributed by atoms with Gasteiger partial charge in [0, 0.05) is 5.69 Å². The Hall–Kier alpha value is -2.84. The first kappa shape index (κ1) is 19.5. The minimum atomic E-state index is -0.0751. The predicted molar refractivity (Wildman–Crippen MR) is 116 cm³/mol. The second kappa shape index (κ2) is 8.67. The van der Waals surface area contributed by atoms with Crippen LogP contribution in [0.15, 0.2) is 63.7 Å². The van der Waals surface area contributed by atoms with Crippen molar-refractivity contribution in [3.63, 3.8) is 0 Å². The molecule has 1 N–H and O–H groups in total. The van der Waals surface area contributed by atoms with Gasteiger partial charge in [-0.1, -0.05) is 30.0 Å². The average Bonchev–Trinajstić information content (AvgIpc) is 3.45. The highest BCUT2D eigenvalue weighted by molar-refractivity contribution is 7.99. The summed E-state index contributed by atoms with van der Waals surface area (Å²) in [4.78, 5) is 13.5. The topological polar surface area (TPSA) is 73.0 Å². The SMILES string of the molecule is Cc1ccc(C)c(NC(=O)CSc2nnc(-c3cccs3)n2Cc2ccco2)c1. The zero-order chi connectivity index (χ0) is 20.2. The molecule has 4 rings (SSSR count). The smallest absolute Gasteiger partial charge is 0.234 e. The van der Waals surface area contributed by atoms with Gasteiger partial charge in [-0.15, -0.1) is 21.5 Å². The van der Waals surface area contributed by atoms with Gasteiger partial charge in [0.15, 0.2) is 11.0 Å². The molecule has 3 aromatic heterocycles. The highest BCUT2D eigenvalue weighted by atomic mass is 32.2. The van der Waals surface area contributed by atoms with Gasteiger partial charge < -0.3 is 9.73 Å². The third kappa shape index (κ3) is 4.60. The molecule has 148 valence electrons. The van der Waals surface area contributed by atoms with Crippen molar-refractivity contribution < 1.29 is 9.21 Å². The lowest BCUT2D eigenvalue weighted by molar-refractivity contribution is -0.113. The fourth-order valence-corrected chi connectivity index (χ4v) is 4.33. The summed E-state index contributed by atoms with van der Waals surface area (Å²) in [6, 6.07) is 13.8. The third-order valence-electron chi connectivity index (χ3n) is 4.35. The van der Waals surface area contributed by atoms with Crippen LogP contribution in [0.25, 0.3) is 10.7 Å². The van der Waals surface area contributed by atoms with Crippen LogP contribution in [0, 0.1) is 13.8 Å². The molecule has 8 heteroatoms. The number of thiophene rings is 1. The Kier molecular flexibility index (Phi) is 5.82. The largest absolute Gasteiger partial charge is 0.467 e. The minimum absolute atomic E-state index is 0.0751. The number of benzene rings is 1. The highest BCUT2D eigenvalue weighted by Crippen LogP contribution is 2.28. The van der Waals surface area contributed by atoms with Gasteiger partial charge >= 0.3 is 0 Å². The van der Waals surface area contributed by atoms with E-state index in [2.05, 4.69) is 15.5 Å². The maximum Gasteiger partial charge on any atom is 0.234 e. The number of nitrogens with one attached hydrogen (secondary N) is 1. The number of hydrogen-bond donors (Lipinski definition) is 1. The second-order valence-corrected chi connectivity index (χ2v) is 8.49. The van der Waals surface area contributed by atoms with Crippen LogP contribution < -0.4 is 5.32 Å². The lowest BCUT2D eigenvalue weighted by atomic mass is 10.1. The molecule has 1 aromatic carbocycles. The van der Waals surface area contributed by atoms with Crippen LogP contribution in [0.2, 0.25) is 0 Å². The van der Waals surface area contributed by atoms with E-state index in [4.69, 9.17) is 4.42 Å². The molecule has 0 bridgehead atoms. The molecular formula is C21H20N4O2S2. The van der Waals surface area contributed by atoms with Gasteiger partial charge in [0.1, 0.15) is 5.76 Å². The van der Waals surface area contributed by atoms with Gasteiger partial charge in [-0.3, -0.25) is 9.36 Å². The van der Waals surface area contributed by atoms with Crippen LogP contribution in [-0.4, -0.2) is 26.4 Å². The van der Waals surface area contributed by atoms with Gasteiger partial charge in [-0.2, -0.15) is 0 Å². The molecule has 4 aromatic rings. The molecule has 0 fully saturated rings. The van der Waals surface area contributed by atoms with Crippen molar-refractivity contribution in [3.05, 3.63) is 71.0 Å². The summed E-state index contributed by atoms with van der Waals surface area (Å²) in [6.45, 7) is 4.50. The van der Waals surface area contributed by atoms with E-state index in [1.165, 1.54) is 11.8 Å². The van der Waals surface area contributed by atoms with E-state index in [0.717, 1.165) is 33.3 Å². The van der Waals surface area contributed by atoms with Gasteiger partial charge in [-0.25, -0.2) is 0 Å². The van der Waals surface area contributed by atoms with Gasteiger partial charge in [0.2, 0.25) is 5.91 Å². The van der Waals surface area contributed by atoms with Crippen molar-refractivity contribution in [1.29, 1.82) is 0 Å². The maximum atomic E-state index is 12.5. The molecule has 0 spiro atoms. The van der Waals surface area contributed by atoms with Gasteiger partial charge in [0.25, 0.3) is 0 Å². The molecule has 0 radical (unpaired) electrons. The minimum Gasteiger partial charge on any atom is -0.467 e. The van der Waals surface area contributed by atoms with Crippen LogP contribution in [0.1, 0.15) is 16.9 Å². The zero-order valence-electron chi connectivity index (χ0n) is 16.1. The number of carbonyl (C=O) groups is 1. The van der Waals surface area contributed by atoms with Crippen molar-refractivity contribution >= 4 is 34.7 Å². The van der Waals surface area contributed by atoms with Crippen molar-refractivity contribution in [1.82, 2.24) is 14.8 Å². The summed E-state index contributed by atoms with van der Waals surface area (Å²) in [5, 5.41) is 14.4. The van der Waals surface area contributed by atoms with Crippen LogP contribution >= 0.6 is 23.1 Å². The number of carbonyl (C=O) groups excluding carboxylic acids is 1. The molecule has 0 aliphatic rings. The molecule has 0 aliphatic carbocycles. The summed E-state index contributed by atoms with van der Waals surface area (Å²) in [5.74, 6) is 1.75. The Morgan fingerprint density at radius 3 is 2.86 bits per heavy atom. The number of anilines is 1. The van der Waals surface area contributed by atoms with E-state index >= 15 is 0 Å². The van der Waals surface area contributed by atoms with E-state index in [9.17, 15) is 4.79 Å². The number of nitrogens with zero attached hydrogens (tertiary/aromatic N) is 3. The van der Waals surface area contributed by atoms with Crippen LogP contribution in [0.3, 0.4) is 0 Å². The van der Waals surface area contributed by atoms with E-state index in [1.807, 2.05) is 66.3 Å².